The number of carbonyl (C=O) groups excluding carboxylic acids is 1. The molecule has 0 spiro atoms. The van der Waals surface area contributed by atoms with Gasteiger partial charge in [-0.15, -0.1) is 11.3 Å². The molecule has 2 aliphatic rings. The summed E-state index contributed by atoms with van der Waals surface area (Å²) in [7, 11) is 0. The van der Waals surface area contributed by atoms with Gasteiger partial charge < -0.3 is 10.2 Å². The third kappa shape index (κ3) is 3.43. The molecule has 5 nitrogen and oxygen atoms in total. The Bertz CT molecular complexity index is 675. The first kappa shape index (κ1) is 14.8. The number of amides is 1. The van der Waals surface area contributed by atoms with E-state index in [1.54, 1.807) is 12.4 Å². The smallest absolute Gasteiger partial charge is 0.229 e. The molecule has 2 aromatic heterocycles. The lowest BCUT2D eigenvalue weighted by atomic mass is 9.96. The van der Waals surface area contributed by atoms with Crippen molar-refractivity contribution >= 4 is 22.4 Å². The lowest BCUT2D eigenvalue weighted by Crippen LogP contribution is -2.39. The Kier molecular flexibility index (Phi) is 4.10. The molecule has 6 heteroatoms. The van der Waals surface area contributed by atoms with Gasteiger partial charge in [-0.2, -0.15) is 0 Å². The molecule has 1 saturated carbocycles. The molecule has 0 bridgehead atoms. The van der Waals surface area contributed by atoms with Gasteiger partial charge in [0.15, 0.2) is 5.13 Å². The maximum Gasteiger partial charge on any atom is 0.229 e. The van der Waals surface area contributed by atoms with Gasteiger partial charge in [-0.05, 0) is 50.9 Å². The van der Waals surface area contributed by atoms with Gasteiger partial charge in [0.05, 0.1) is 5.69 Å². The van der Waals surface area contributed by atoms with Crippen LogP contribution in [-0.2, 0) is 4.79 Å². The molecule has 120 valence electrons. The number of anilines is 1. The molecule has 2 fully saturated rings. The highest BCUT2D eigenvalue weighted by Crippen LogP contribution is 2.31. The van der Waals surface area contributed by atoms with Crippen LogP contribution in [-0.4, -0.2) is 39.9 Å². The number of piperidine rings is 1. The molecule has 0 atom stereocenters. The second-order valence-electron chi connectivity index (χ2n) is 6.31. The number of hydrogen-bond acceptors (Lipinski definition) is 5. The summed E-state index contributed by atoms with van der Waals surface area (Å²) >= 11 is 1.47. The minimum atomic E-state index is 0.118. The van der Waals surface area contributed by atoms with Crippen LogP contribution in [0.1, 0.15) is 25.7 Å². The van der Waals surface area contributed by atoms with Crippen molar-refractivity contribution in [3.05, 3.63) is 29.9 Å². The number of pyridine rings is 1. The van der Waals surface area contributed by atoms with Crippen LogP contribution in [0.15, 0.2) is 29.9 Å². The van der Waals surface area contributed by atoms with Crippen molar-refractivity contribution in [1.82, 2.24) is 14.9 Å². The third-order valence-electron chi connectivity index (χ3n) is 4.66. The summed E-state index contributed by atoms with van der Waals surface area (Å²) in [5.41, 5.74) is 1.84. The number of hydrogen-bond donors (Lipinski definition) is 1. The van der Waals surface area contributed by atoms with Gasteiger partial charge in [0, 0.05) is 35.3 Å². The van der Waals surface area contributed by atoms with Crippen LogP contribution in [0.25, 0.3) is 11.3 Å². The van der Waals surface area contributed by atoms with Crippen LogP contribution in [0.3, 0.4) is 0 Å². The highest BCUT2D eigenvalue weighted by Gasteiger charge is 2.33. The molecular formula is C17H20N4OS. The number of nitrogens with zero attached hydrogens (tertiary/aromatic N) is 3. The van der Waals surface area contributed by atoms with E-state index in [9.17, 15) is 4.79 Å². The molecular weight excluding hydrogens is 308 g/mol. The van der Waals surface area contributed by atoms with Crippen molar-refractivity contribution in [3.63, 3.8) is 0 Å². The van der Waals surface area contributed by atoms with Crippen molar-refractivity contribution in [3.8, 4) is 11.3 Å². The van der Waals surface area contributed by atoms with Crippen molar-refractivity contribution < 1.29 is 4.79 Å². The van der Waals surface area contributed by atoms with E-state index in [0.29, 0.717) is 5.13 Å². The SMILES string of the molecule is O=C(Nc1nc(-c2cccnc2)cs1)C1CCN(C2CC2)CC1. The zero-order chi connectivity index (χ0) is 15.6. The number of thiazole rings is 1. The Labute approximate surface area is 139 Å². The molecule has 0 radical (unpaired) electrons. The zero-order valence-electron chi connectivity index (χ0n) is 12.9. The molecule has 0 unspecified atom stereocenters. The standard InChI is InChI=1S/C17H20N4OS/c22-16(12-5-8-21(9-6-12)14-3-4-14)20-17-19-15(11-23-17)13-2-1-7-18-10-13/h1-2,7,10-12,14H,3-6,8-9H2,(H,19,20,22). The van der Waals surface area contributed by atoms with E-state index in [1.165, 1.54) is 24.2 Å². The van der Waals surface area contributed by atoms with Crippen molar-refractivity contribution in [2.24, 2.45) is 5.92 Å². The quantitative estimate of drug-likeness (QED) is 0.937. The van der Waals surface area contributed by atoms with E-state index in [0.717, 1.165) is 43.2 Å². The van der Waals surface area contributed by atoms with E-state index in [1.807, 2.05) is 17.5 Å². The van der Waals surface area contributed by atoms with E-state index in [4.69, 9.17) is 0 Å². The normalized spacial score (nSPS) is 19.7. The molecule has 1 amide bonds. The van der Waals surface area contributed by atoms with Crippen LogP contribution in [0.4, 0.5) is 5.13 Å². The average Bonchev–Trinajstić information content (AvgIpc) is 3.35. The predicted octanol–water partition coefficient (Wildman–Crippen LogP) is 3.02. The zero-order valence-corrected chi connectivity index (χ0v) is 13.8. The minimum absolute atomic E-state index is 0.118. The molecule has 3 heterocycles. The maximum atomic E-state index is 12.4. The second kappa shape index (κ2) is 6.37. The van der Waals surface area contributed by atoms with E-state index < -0.39 is 0 Å². The summed E-state index contributed by atoms with van der Waals surface area (Å²) in [4.78, 5) is 23.6. The monoisotopic (exact) mass is 328 g/mol. The first-order chi connectivity index (χ1) is 11.3. The molecule has 23 heavy (non-hydrogen) atoms. The van der Waals surface area contributed by atoms with Crippen LogP contribution in [0.5, 0.6) is 0 Å². The Morgan fingerprint density at radius 2 is 2.09 bits per heavy atom. The molecule has 1 saturated heterocycles. The van der Waals surface area contributed by atoms with Gasteiger partial charge in [0.1, 0.15) is 0 Å². The third-order valence-corrected chi connectivity index (χ3v) is 5.41. The number of rotatable bonds is 4. The Balaban J connectivity index is 1.35. The number of carbonyl (C=O) groups is 1. The summed E-state index contributed by atoms with van der Waals surface area (Å²) in [5, 5.41) is 5.63. The fraction of sp³-hybridized carbons (Fsp3) is 0.471. The maximum absolute atomic E-state index is 12.4. The fourth-order valence-electron chi connectivity index (χ4n) is 3.15. The lowest BCUT2D eigenvalue weighted by molar-refractivity contribution is -0.121. The first-order valence-corrected chi connectivity index (χ1v) is 9.08. The fourth-order valence-corrected chi connectivity index (χ4v) is 3.87. The highest BCUT2D eigenvalue weighted by molar-refractivity contribution is 7.14. The van der Waals surface area contributed by atoms with Gasteiger partial charge in [-0.1, -0.05) is 0 Å². The Morgan fingerprint density at radius 3 is 2.78 bits per heavy atom. The average molecular weight is 328 g/mol. The largest absolute Gasteiger partial charge is 0.302 e. The van der Waals surface area contributed by atoms with Crippen LogP contribution in [0, 0.1) is 5.92 Å². The van der Waals surface area contributed by atoms with E-state index in [2.05, 4.69) is 20.2 Å². The molecule has 1 aliphatic carbocycles. The Morgan fingerprint density at radius 1 is 1.26 bits per heavy atom. The molecule has 1 N–H and O–H groups in total. The lowest BCUT2D eigenvalue weighted by Gasteiger charge is -2.31. The van der Waals surface area contributed by atoms with Gasteiger partial charge in [0.25, 0.3) is 0 Å². The van der Waals surface area contributed by atoms with Crippen LogP contribution in [0.2, 0.25) is 0 Å². The number of aromatic nitrogens is 2. The first-order valence-electron chi connectivity index (χ1n) is 8.20. The summed E-state index contributed by atoms with van der Waals surface area (Å²) < 4.78 is 0. The van der Waals surface area contributed by atoms with Gasteiger partial charge in [-0.25, -0.2) is 4.98 Å². The van der Waals surface area contributed by atoms with Gasteiger partial charge in [-0.3, -0.25) is 9.78 Å². The predicted molar refractivity (Wildman–Crippen MR) is 91.3 cm³/mol. The van der Waals surface area contributed by atoms with Crippen LogP contribution < -0.4 is 5.32 Å². The molecule has 4 rings (SSSR count). The van der Waals surface area contributed by atoms with E-state index >= 15 is 0 Å². The van der Waals surface area contributed by atoms with Crippen molar-refractivity contribution in [1.29, 1.82) is 0 Å². The summed E-state index contributed by atoms with van der Waals surface area (Å²) in [5.74, 6) is 0.239. The molecule has 0 aromatic carbocycles. The van der Waals surface area contributed by atoms with Crippen molar-refractivity contribution in [2.75, 3.05) is 18.4 Å². The number of nitrogens with one attached hydrogen (secondary N) is 1. The second-order valence-corrected chi connectivity index (χ2v) is 7.17. The van der Waals surface area contributed by atoms with Crippen molar-refractivity contribution in [2.45, 2.75) is 31.7 Å². The van der Waals surface area contributed by atoms with E-state index in [-0.39, 0.29) is 11.8 Å². The minimum Gasteiger partial charge on any atom is -0.302 e. The summed E-state index contributed by atoms with van der Waals surface area (Å²) in [6.07, 6.45) is 8.13. The van der Waals surface area contributed by atoms with Crippen LogP contribution >= 0.6 is 11.3 Å². The summed E-state index contributed by atoms with van der Waals surface area (Å²) in [6.45, 7) is 2.11. The highest BCUT2D eigenvalue weighted by atomic mass is 32.1. The topological polar surface area (TPSA) is 58.1 Å². The van der Waals surface area contributed by atoms with Gasteiger partial charge >= 0.3 is 0 Å². The Hall–Kier alpha value is -1.79. The van der Waals surface area contributed by atoms with Gasteiger partial charge in [0.2, 0.25) is 5.91 Å². The molecule has 2 aromatic rings. The number of likely N-dealkylation sites (tertiary alicyclic amines) is 1. The summed E-state index contributed by atoms with van der Waals surface area (Å²) in [6, 6.07) is 4.67. The molecule has 1 aliphatic heterocycles.